The van der Waals surface area contributed by atoms with E-state index in [2.05, 4.69) is 16.2 Å². The molecular formula is C19H20N4O4. The molecule has 0 radical (unpaired) electrons. The van der Waals surface area contributed by atoms with Gasteiger partial charge in [0.05, 0.1) is 4.92 Å². The number of nitrogens with zero attached hydrogens (tertiary/aromatic N) is 1. The molecule has 2 amide bonds. The number of nitro groups is 1. The number of hydrogen-bond donors (Lipinski definition) is 3. The van der Waals surface area contributed by atoms with Gasteiger partial charge in [-0.05, 0) is 31.0 Å². The Morgan fingerprint density at radius 1 is 1.11 bits per heavy atom. The molecule has 0 saturated carbocycles. The first kappa shape index (κ1) is 19.6. The van der Waals surface area contributed by atoms with Crippen molar-refractivity contribution in [2.24, 2.45) is 0 Å². The molecule has 2 aromatic carbocycles. The van der Waals surface area contributed by atoms with Gasteiger partial charge in [-0.15, -0.1) is 0 Å². The van der Waals surface area contributed by atoms with Crippen molar-refractivity contribution in [3.63, 3.8) is 0 Å². The highest BCUT2D eigenvalue weighted by Crippen LogP contribution is 2.15. The number of hydrazine groups is 1. The summed E-state index contributed by atoms with van der Waals surface area (Å²) in [5, 5.41) is 13.6. The Balaban J connectivity index is 1.95. The van der Waals surface area contributed by atoms with Gasteiger partial charge in [0.15, 0.2) is 0 Å². The predicted octanol–water partition coefficient (Wildman–Crippen LogP) is 2.93. The number of anilines is 1. The van der Waals surface area contributed by atoms with Gasteiger partial charge in [-0.25, -0.2) is 0 Å². The molecule has 2 aromatic rings. The number of rotatable bonds is 7. The lowest BCUT2D eigenvalue weighted by molar-refractivity contribution is -0.384. The van der Waals surface area contributed by atoms with Crippen LogP contribution in [0.2, 0.25) is 0 Å². The van der Waals surface area contributed by atoms with Crippen LogP contribution in [0.25, 0.3) is 0 Å². The minimum Gasteiger partial charge on any atom is -0.322 e. The highest BCUT2D eigenvalue weighted by atomic mass is 16.6. The fourth-order valence-electron chi connectivity index (χ4n) is 2.34. The van der Waals surface area contributed by atoms with Crippen LogP contribution in [0, 0.1) is 10.1 Å². The SMILES string of the molecule is CCc1ccccc1NC(=O)C=C(C)NNC(=O)c1cccc([N+](=O)[O-])c1. The maximum absolute atomic E-state index is 12.1. The van der Waals surface area contributed by atoms with Crippen LogP contribution in [0.4, 0.5) is 11.4 Å². The Morgan fingerprint density at radius 2 is 1.85 bits per heavy atom. The van der Waals surface area contributed by atoms with Crippen molar-refractivity contribution in [3.8, 4) is 0 Å². The van der Waals surface area contributed by atoms with Gasteiger partial charge in [0.25, 0.3) is 11.6 Å². The van der Waals surface area contributed by atoms with Crippen LogP contribution in [0.3, 0.4) is 0 Å². The number of nitrogens with one attached hydrogen (secondary N) is 3. The van der Waals surface area contributed by atoms with E-state index in [4.69, 9.17) is 0 Å². The van der Waals surface area contributed by atoms with E-state index in [-0.39, 0.29) is 17.2 Å². The number of aryl methyl sites for hydroxylation is 1. The molecule has 0 aliphatic heterocycles. The third-order valence-corrected chi connectivity index (χ3v) is 3.70. The van der Waals surface area contributed by atoms with Gasteiger partial charge in [-0.2, -0.15) is 0 Å². The van der Waals surface area contributed by atoms with E-state index >= 15 is 0 Å². The lowest BCUT2D eigenvalue weighted by Gasteiger charge is -2.10. The normalized spacial score (nSPS) is 10.8. The Hall–Kier alpha value is -3.68. The van der Waals surface area contributed by atoms with Crippen LogP contribution in [0.5, 0.6) is 0 Å². The molecule has 0 bridgehead atoms. The van der Waals surface area contributed by atoms with Crippen LogP contribution in [-0.4, -0.2) is 16.7 Å². The van der Waals surface area contributed by atoms with Crippen LogP contribution < -0.4 is 16.2 Å². The van der Waals surface area contributed by atoms with Crippen molar-refractivity contribution < 1.29 is 14.5 Å². The zero-order chi connectivity index (χ0) is 19.8. The molecule has 2 rings (SSSR count). The first-order valence-electron chi connectivity index (χ1n) is 8.28. The summed E-state index contributed by atoms with van der Waals surface area (Å²) in [6.07, 6.45) is 2.09. The molecule has 0 fully saturated rings. The van der Waals surface area contributed by atoms with Crippen molar-refractivity contribution in [1.82, 2.24) is 10.9 Å². The third kappa shape index (κ3) is 5.67. The maximum atomic E-state index is 12.1. The molecule has 0 heterocycles. The van der Waals surface area contributed by atoms with Crippen molar-refractivity contribution in [2.45, 2.75) is 20.3 Å². The van der Waals surface area contributed by atoms with E-state index < -0.39 is 10.8 Å². The van der Waals surface area contributed by atoms with E-state index in [1.165, 1.54) is 30.3 Å². The van der Waals surface area contributed by atoms with E-state index in [9.17, 15) is 19.7 Å². The lowest BCUT2D eigenvalue weighted by Crippen LogP contribution is -2.36. The summed E-state index contributed by atoms with van der Waals surface area (Å²) >= 11 is 0. The molecular weight excluding hydrogens is 348 g/mol. The van der Waals surface area contributed by atoms with Gasteiger partial charge in [0, 0.05) is 35.2 Å². The first-order chi connectivity index (χ1) is 12.9. The van der Waals surface area contributed by atoms with Gasteiger partial charge in [-0.1, -0.05) is 31.2 Å². The van der Waals surface area contributed by atoms with Crippen LogP contribution >= 0.6 is 0 Å². The zero-order valence-corrected chi connectivity index (χ0v) is 15.0. The van der Waals surface area contributed by atoms with Crippen LogP contribution in [0.15, 0.2) is 60.3 Å². The smallest absolute Gasteiger partial charge is 0.270 e. The number of non-ortho nitro benzene ring substituents is 1. The maximum Gasteiger partial charge on any atom is 0.270 e. The molecule has 3 N–H and O–H groups in total. The molecule has 0 spiro atoms. The summed E-state index contributed by atoms with van der Waals surface area (Å²) in [5.41, 5.74) is 7.11. The second-order valence-corrected chi connectivity index (χ2v) is 5.71. The Bertz CT molecular complexity index is 893. The van der Waals surface area contributed by atoms with Gasteiger partial charge in [0.1, 0.15) is 0 Å². The fraction of sp³-hybridized carbons (Fsp3) is 0.158. The van der Waals surface area contributed by atoms with Crippen molar-refractivity contribution in [2.75, 3.05) is 5.32 Å². The Kier molecular flexibility index (Phi) is 6.65. The standard InChI is InChI=1S/C19H20N4O4/c1-3-14-7-4-5-10-17(14)20-18(24)11-13(2)21-22-19(25)15-8-6-9-16(12-15)23(26)27/h4-12,21H,3H2,1-2H3,(H,20,24)(H,22,25). The molecule has 0 aliphatic rings. The minimum atomic E-state index is -0.576. The molecule has 0 atom stereocenters. The summed E-state index contributed by atoms with van der Waals surface area (Å²) < 4.78 is 0. The number of allylic oxidation sites excluding steroid dienone is 1. The summed E-state index contributed by atoms with van der Waals surface area (Å²) in [7, 11) is 0. The predicted molar refractivity (Wildman–Crippen MR) is 102 cm³/mol. The van der Waals surface area contributed by atoms with Gasteiger partial charge in [-0.3, -0.25) is 25.1 Å². The van der Waals surface area contributed by atoms with Crippen LogP contribution in [-0.2, 0) is 11.2 Å². The van der Waals surface area contributed by atoms with Gasteiger partial charge >= 0.3 is 0 Å². The molecule has 0 saturated heterocycles. The van der Waals surface area contributed by atoms with E-state index in [1.807, 2.05) is 31.2 Å². The lowest BCUT2D eigenvalue weighted by atomic mass is 10.1. The zero-order valence-electron chi connectivity index (χ0n) is 15.0. The number of carbonyl (C=O) groups is 2. The van der Waals surface area contributed by atoms with Gasteiger partial charge < -0.3 is 10.7 Å². The van der Waals surface area contributed by atoms with Crippen LogP contribution in [0.1, 0.15) is 29.8 Å². The summed E-state index contributed by atoms with van der Waals surface area (Å²) in [6, 6.07) is 12.8. The number of nitro benzene ring substituents is 1. The van der Waals surface area contributed by atoms with E-state index in [1.54, 1.807) is 6.92 Å². The number of para-hydroxylation sites is 1. The van der Waals surface area contributed by atoms with Gasteiger partial charge in [0.2, 0.25) is 5.91 Å². The monoisotopic (exact) mass is 368 g/mol. The average Bonchev–Trinajstić information content (AvgIpc) is 2.66. The van der Waals surface area contributed by atoms with E-state index in [0.29, 0.717) is 5.70 Å². The fourth-order valence-corrected chi connectivity index (χ4v) is 2.34. The Labute approximate surface area is 156 Å². The highest BCUT2D eigenvalue weighted by molar-refractivity contribution is 6.00. The largest absolute Gasteiger partial charge is 0.322 e. The quantitative estimate of drug-likeness (QED) is 0.395. The topological polar surface area (TPSA) is 113 Å². The summed E-state index contributed by atoms with van der Waals surface area (Å²) in [5.74, 6) is -0.895. The minimum absolute atomic E-state index is 0.130. The first-order valence-corrected chi connectivity index (χ1v) is 8.28. The van der Waals surface area contributed by atoms with Crippen molar-refractivity contribution in [1.29, 1.82) is 0 Å². The number of carbonyl (C=O) groups excluding carboxylic acids is 2. The molecule has 8 heteroatoms. The van der Waals surface area contributed by atoms with Crippen molar-refractivity contribution in [3.05, 3.63) is 81.5 Å². The third-order valence-electron chi connectivity index (χ3n) is 3.70. The molecule has 0 aromatic heterocycles. The second kappa shape index (κ2) is 9.14. The molecule has 0 aliphatic carbocycles. The number of amides is 2. The molecule has 140 valence electrons. The molecule has 0 unspecified atom stereocenters. The van der Waals surface area contributed by atoms with Crippen molar-refractivity contribution >= 4 is 23.2 Å². The molecule has 27 heavy (non-hydrogen) atoms. The molecule has 8 nitrogen and oxygen atoms in total. The highest BCUT2D eigenvalue weighted by Gasteiger charge is 2.11. The Morgan fingerprint density at radius 3 is 2.56 bits per heavy atom. The average molecular weight is 368 g/mol. The van der Waals surface area contributed by atoms with E-state index in [0.717, 1.165) is 17.7 Å². The summed E-state index contributed by atoms with van der Waals surface area (Å²) in [4.78, 5) is 34.4. The summed E-state index contributed by atoms with van der Waals surface area (Å²) in [6.45, 7) is 3.61. The second-order valence-electron chi connectivity index (χ2n) is 5.71. The number of hydrogen-bond acceptors (Lipinski definition) is 5. The number of benzene rings is 2.